The summed E-state index contributed by atoms with van der Waals surface area (Å²) >= 11 is 0. The summed E-state index contributed by atoms with van der Waals surface area (Å²) in [6, 6.07) is 2.13. The number of hydrogen-bond donors (Lipinski definition) is 1. The molecule has 0 radical (unpaired) electrons. The quantitative estimate of drug-likeness (QED) is 0.905. The van der Waals surface area contributed by atoms with E-state index in [1.807, 2.05) is 0 Å². The molecular weight excluding hydrogens is 278 g/mol. The van der Waals surface area contributed by atoms with Crippen LogP contribution in [0.25, 0.3) is 0 Å². The van der Waals surface area contributed by atoms with E-state index in [2.05, 4.69) is 10.00 Å². The number of hydrogen-bond acceptors (Lipinski definition) is 4. The van der Waals surface area contributed by atoms with E-state index in [1.54, 1.807) is 10.7 Å². The molecule has 2 heterocycles. The summed E-state index contributed by atoms with van der Waals surface area (Å²) < 4.78 is 1.66. The van der Waals surface area contributed by atoms with Crippen molar-refractivity contribution < 1.29 is 5.11 Å². The first-order chi connectivity index (χ1) is 10.6. The van der Waals surface area contributed by atoms with Gasteiger partial charge in [0.05, 0.1) is 17.8 Å². The lowest BCUT2D eigenvalue weighted by molar-refractivity contribution is -0.0622. The van der Waals surface area contributed by atoms with Gasteiger partial charge in [-0.1, -0.05) is 0 Å². The smallest absolute Gasteiger partial charge is 0.267 e. The fourth-order valence-corrected chi connectivity index (χ4v) is 4.20. The lowest BCUT2D eigenvalue weighted by Gasteiger charge is -2.41. The molecule has 1 atom stereocenters. The Bertz CT molecular complexity index is 621. The second kappa shape index (κ2) is 5.46. The van der Waals surface area contributed by atoms with E-state index < -0.39 is 5.60 Å². The van der Waals surface area contributed by atoms with Gasteiger partial charge < -0.3 is 5.11 Å². The average molecular weight is 303 g/mol. The number of β-amino-alcohol motifs (C(OH)–C–C–N with tert-alkyl or cyclic N) is 1. The standard InChI is InChI=1S/C17H25N3O2/c21-16-10-13-4-1-6-15(13)18-20(16)11-14-5-2-9-19(14)12-17(22)7-3-8-17/h10,14,22H,1-9,11-12H2. The molecule has 1 saturated carbocycles. The minimum atomic E-state index is -0.473. The summed E-state index contributed by atoms with van der Waals surface area (Å²) in [5.74, 6) is 0. The SMILES string of the molecule is O=c1cc2c(nn1CC1CCCN1CC1(O)CCC1)CCC2. The minimum absolute atomic E-state index is 0.0369. The van der Waals surface area contributed by atoms with Crippen LogP contribution < -0.4 is 5.56 Å². The Kier molecular flexibility index (Phi) is 3.57. The molecule has 5 heteroatoms. The summed E-state index contributed by atoms with van der Waals surface area (Å²) in [5.41, 5.74) is 1.82. The monoisotopic (exact) mass is 303 g/mol. The average Bonchev–Trinajstić information content (AvgIpc) is 3.07. The molecule has 1 saturated heterocycles. The first kappa shape index (κ1) is 14.4. The summed E-state index contributed by atoms with van der Waals surface area (Å²) in [6.07, 6.45) is 8.36. The maximum atomic E-state index is 12.3. The summed E-state index contributed by atoms with van der Waals surface area (Å²) in [5, 5.41) is 15.0. The molecule has 0 spiro atoms. The van der Waals surface area contributed by atoms with Crippen molar-refractivity contribution >= 4 is 0 Å². The van der Waals surface area contributed by atoms with Gasteiger partial charge >= 0.3 is 0 Å². The molecule has 5 nitrogen and oxygen atoms in total. The van der Waals surface area contributed by atoms with E-state index in [4.69, 9.17) is 0 Å². The number of nitrogens with zero attached hydrogens (tertiary/aromatic N) is 3. The summed E-state index contributed by atoms with van der Waals surface area (Å²) in [4.78, 5) is 14.6. The number of aryl methyl sites for hydroxylation is 2. The van der Waals surface area contributed by atoms with Crippen molar-refractivity contribution in [1.82, 2.24) is 14.7 Å². The molecule has 2 aliphatic carbocycles. The van der Waals surface area contributed by atoms with Crippen LogP contribution in [0, 0.1) is 0 Å². The predicted octanol–water partition coefficient (Wildman–Crippen LogP) is 1.11. The number of likely N-dealkylation sites (tertiary alicyclic amines) is 1. The molecule has 0 aromatic carbocycles. The second-order valence-electron chi connectivity index (χ2n) is 7.33. The van der Waals surface area contributed by atoms with Crippen molar-refractivity contribution in [2.24, 2.45) is 0 Å². The largest absolute Gasteiger partial charge is 0.389 e. The molecule has 1 unspecified atom stereocenters. The van der Waals surface area contributed by atoms with E-state index in [-0.39, 0.29) is 5.56 Å². The van der Waals surface area contributed by atoms with Crippen LogP contribution in [-0.4, -0.2) is 44.5 Å². The van der Waals surface area contributed by atoms with Crippen LogP contribution in [0.4, 0.5) is 0 Å². The lowest BCUT2D eigenvalue weighted by atomic mass is 9.80. The molecule has 2 fully saturated rings. The third-order valence-corrected chi connectivity index (χ3v) is 5.69. The Morgan fingerprint density at radius 1 is 1.27 bits per heavy atom. The topological polar surface area (TPSA) is 58.4 Å². The van der Waals surface area contributed by atoms with E-state index in [9.17, 15) is 9.90 Å². The van der Waals surface area contributed by atoms with E-state index in [0.29, 0.717) is 12.6 Å². The van der Waals surface area contributed by atoms with Gasteiger partial charge in [0.2, 0.25) is 0 Å². The molecule has 1 aliphatic heterocycles. The van der Waals surface area contributed by atoms with Crippen molar-refractivity contribution in [3.63, 3.8) is 0 Å². The Morgan fingerprint density at radius 2 is 2.14 bits per heavy atom. The zero-order chi connectivity index (χ0) is 15.2. The molecule has 120 valence electrons. The first-order valence-electron chi connectivity index (χ1n) is 8.69. The third-order valence-electron chi connectivity index (χ3n) is 5.69. The van der Waals surface area contributed by atoms with E-state index in [1.165, 1.54) is 0 Å². The molecule has 1 N–H and O–H groups in total. The number of rotatable bonds is 4. The van der Waals surface area contributed by atoms with Crippen molar-refractivity contribution in [3.05, 3.63) is 27.7 Å². The van der Waals surface area contributed by atoms with Crippen molar-refractivity contribution in [2.75, 3.05) is 13.1 Å². The second-order valence-corrected chi connectivity index (χ2v) is 7.33. The van der Waals surface area contributed by atoms with Crippen LogP contribution in [0.5, 0.6) is 0 Å². The van der Waals surface area contributed by atoms with Crippen molar-refractivity contribution in [2.45, 2.75) is 69.6 Å². The van der Waals surface area contributed by atoms with Gasteiger partial charge in [-0.2, -0.15) is 5.10 Å². The van der Waals surface area contributed by atoms with Gasteiger partial charge in [0.1, 0.15) is 0 Å². The molecule has 3 aliphatic rings. The Labute approximate surface area is 130 Å². The van der Waals surface area contributed by atoms with Crippen LogP contribution in [0.15, 0.2) is 10.9 Å². The highest BCUT2D eigenvalue weighted by molar-refractivity contribution is 5.22. The zero-order valence-electron chi connectivity index (χ0n) is 13.1. The molecule has 1 aromatic rings. The maximum absolute atomic E-state index is 12.3. The fraction of sp³-hybridized carbons (Fsp3) is 0.765. The van der Waals surface area contributed by atoms with E-state index in [0.717, 1.165) is 75.7 Å². The fourth-order valence-electron chi connectivity index (χ4n) is 4.20. The molecule has 0 amide bonds. The summed E-state index contributed by atoms with van der Waals surface area (Å²) in [7, 11) is 0. The van der Waals surface area contributed by atoms with Gasteiger partial charge in [0.15, 0.2) is 0 Å². The highest BCUT2D eigenvalue weighted by Gasteiger charge is 2.39. The van der Waals surface area contributed by atoms with Crippen LogP contribution in [-0.2, 0) is 19.4 Å². The molecule has 1 aromatic heterocycles. The van der Waals surface area contributed by atoms with E-state index >= 15 is 0 Å². The van der Waals surface area contributed by atoms with Crippen LogP contribution in [0.2, 0.25) is 0 Å². The van der Waals surface area contributed by atoms with Gasteiger partial charge in [-0.05, 0) is 63.5 Å². The Hall–Kier alpha value is -1.20. The molecular formula is C17H25N3O2. The van der Waals surface area contributed by atoms with Gasteiger partial charge in [0.25, 0.3) is 5.56 Å². The number of fused-ring (bicyclic) bond motifs is 1. The minimum Gasteiger partial charge on any atom is -0.389 e. The van der Waals surface area contributed by atoms with Gasteiger partial charge in [-0.15, -0.1) is 0 Å². The first-order valence-corrected chi connectivity index (χ1v) is 8.69. The predicted molar refractivity (Wildman–Crippen MR) is 83.9 cm³/mol. The highest BCUT2D eigenvalue weighted by atomic mass is 16.3. The molecule has 22 heavy (non-hydrogen) atoms. The third kappa shape index (κ3) is 2.61. The van der Waals surface area contributed by atoms with Crippen molar-refractivity contribution in [1.29, 1.82) is 0 Å². The van der Waals surface area contributed by atoms with Crippen molar-refractivity contribution in [3.8, 4) is 0 Å². The molecule has 0 bridgehead atoms. The van der Waals surface area contributed by atoms with Crippen LogP contribution >= 0.6 is 0 Å². The van der Waals surface area contributed by atoms with Gasteiger partial charge in [-0.25, -0.2) is 4.68 Å². The Balaban J connectivity index is 1.49. The lowest BCUT2D eigenvalue weighted by Crippen LogP contribution is -2.50. The maximum Gasteiger partial charge on any atom is 0.267 e. The number of aromatic nitrogens is 2. The van der Waals surface area contributed by atoms with Gasteiger partial charge in [-0.3, -0.25) is 9.69 Å². The Morgan fingerprint density at radius 3 is 2.91 bits per heavy atom. The summed E-state index contributed by atoms with van der Waals surface area (Å²) in [6.45, 7) is 2.46. The number of aliphatic hydroxyl groups is 1. The normalized spacial score (nSPS) is 26.9. The highest BCUT2D eigenvalue weighted by Crippen LogP contribution is 2.34. The van der Waals surface area contributed by atoms with Crippen LogP contribution in [0.1, 0.15) is 49.8 Å². The molecule has 4 rings (SSSR count). The van der Waals surface area contributed by atoms with Gasteiger partial charge in [0, 0.05) is 18.7 Å². The zero-order valence-corrected chi connectivity index (χ0v) is 13.1. The van der Waals surface area contributed by atoms with Crippen LogP contribution in [0.3, 0.4) is 0 Å².